The average molecular weight is 521 g/mol. The highest BCUT2D eigenvalue weighted by Gasteiger charge is 2.30. The highest BCUT2D eigenvalue weighted by atomic mass is 35.5. The molecule has 36 heavy (non-hydrogen) atoms. The van der Waals surface area contributed by atoms with Crippen LogP contribution in [0.1, 0.15) is 11.1 Å². The van der Waals surface area contributed by atoms with Crippen LogP contribution in [0.3, 0.4) is 0 Å². The van der Waals surface area contributed by atoms with Crippen molar-refractivity contribution in [2.75, 3.05) is 13.7 Å². The summed E-state index contributed by atoms with van der Waals surface area (Å²) >= 11 is 12.3. The molecule has 1 N–H and O–H groups in total. The summed E-state index contributed by atoms with van der Waals surface area (Å²) in [4.78, 5) is 28.2. The van der Waals surface area contributed by atoms with Gasteiger partial charge in [0.1, 0.15) is 11.8 Å². The van der Waals surface area contributed by atoms with Gasteiger partial charge in [0.05, 0.1) is 10.0 Å². The number of benzene rings is 4. The minimum atomic E-state index is -0.754. The molecule has 1 unspecified atom stereocenters. The quantitative estimate of drug-likeness (QED) is 0.298. The maximum absolute atomic E-state index is 13.6. The molecule has 0 saturated carbocycles. The molecule has 0 aliphatic carbocycles. The van der Waals surface area contributed by atoms with Gasteiger partial charge in [-0.1, -0.05) is 96.0 Å². The molecule has 184 valence electrons. The van der Waals surface area contributed by atoms with E-state index >= 15 is 0 Å². The van der Waals surface area contributed by atoms with Gasteiger partial charge in [-0.15, -0.1) is 0 Å². The Balaban J connectivity index is 1.63. The van der Waals surface area contributed by atoms with E-state index in [4.69, 9.17) is 27.9 Å². The van der Waals surface area contributed by atoms with Crippen LogP contribution in [-0.2, 0) is 22.6 Å². The molecule has 4 aromatic rings. The Morgan fingerprint density at radius 2 is 1.58 bits per heavy atom. The van der Waals surface area contributed by atoms with Crippen molar-refractivity contribution in [3.63, 3.8) is 0 Å². The van der Waals surface area contributed by atoms with Crippen molar-refractivity contribution in [1.29, 1.82) is 0 Å². The molecule has 0 spiro atoms. The van der Waals surface area contributed by atoms with Crippen molar-refractivity contribution in [3.05, 3.63) is 112 Å². The van der Waals surface area contributed by atoms with Gasteiger partial charge in [-0.25, -0.2) is 0 Å². The topological polar surface area (TPSA) is 58.6 Å². The number of carbonyl (C=O) groups is 2. The highest BCUT2D eigenvalue weighted by Crippen LogP contribution is 2.26. The van der Waals surface area contributed by atoms with Crippen molar-refractivity contribution >= 4 is 45.8 Å². The molecule has 4 aromatic carbocycles. The Morgan fingerprint density at radius 1 is 0.861 bits per heavy atom. The lowest BCUT2D eigenvalue weighted by molar-refractivity contribution is -0.142. The number of carbonyl (C=O) groups excluding carboxylic acids is 2. The van der Waals surface area contributed by atoms with Crippen LogP contribution in [0.2, 0.25) is 10.0 Å². The summed E-state index contributed by atoms with van der Waals surface area (Å²) in [6.45, 7) is -0.0584. The van der Waals surface area contributed by atoms with Crippen LogP contribution in [-0.4, -0.2) is 36.4 Å². The summed E-state index contributed by atoms with van der Waals surface area (Å²) in [5, 5.41) is 5.44. The van der Waals surface area contributed by atoms with Crippen molar-refractivity contribution < 1.29 is 14.3 Å². The van der Waals surface area contributed by atoms with Crippen LogP contribution in [0.15, 0.2) is 91.0 Å². The molecule has 7 heteroatoms. The Labute approximate surface area is 220 Å². The zero-order valence-electron chi connectivity index (χ0n) is 19.8. The Bertz CT molecular complexity index is 1360. The van der Waals surface area contributed by atoms with Crippen molar-refractivity contribution in [3.8, 4) is 5.75 Å². The number of rotatable bonds is 9. The van der Waals surface area contributed by atoms with E-state index in [1.807, 2.05) is 72.8 Å². The number of halogens is 2. The Morgan fingerprint density at radius 3 is 2.33 bits per heavy atom. The maximum Gasteiger partial charge on any atom is 0.261 e. The third-order valence-corrected chi connectivity index (χ3v) is 6.69. The van der Waals surface area contributed by atoms with Gasteiger partial charge in [-0.05, 0) is 34.7 Å². The first kappa shape index (κ1) is 25.5. The molecule has 0 aromatic heterocycles. The van der Waals surface area contributed by atoms with E-state index in [0.717, 1.165) is 21.9 Å². The van der Waals surface area contributed by atoms with E-state index in [0.29, 0.717) is 22.2 Å². The summed E-state index contributed by atoms with van der Waals surface area (Å²) < 4.78 is 5.99. The lowest BCUT2D eigenvalue weighted by Gasteiger charge is -2.31. The van der Waals surface area contributed by atoms with Crippen LogP contribution in [0.4, 0.5) is 0 Å². The fraction of sp³-hybridized carbons (Fsp3) is 0.172. The van der Waals surface area contributed by atoms with Crippen LogP contribution >= 0.6 is 23.2 Å². The molecule has 5 nitrogen and oxygen atoms in total. The molecule has 0 radical (unpaired) electrons. The van der Waals surface area contributed by atoms with E-state index in [1.165, 1.54) is 4.90 Å². The van der Waals surface area contributed by atoms with E-state index < -0.39 is 6.04 Å². The van der Waals surface area contributed by atoms with Crippen LogP contribution in [0, 0.1) is 0 Å². The van der Waals surface area contributed by atoms with Crippen LogP contribution in [0.25, 0.3) is 10.8 Å². The van der Waals surface area contributed by atoms with Crippen molar-refractivity contribution in [2.45, 2.75) is 19.0 Å². The van der Waals surface area contributed by atoms with Gasteiger partial charge in [0.2, 0.25) is 5.91 Å². The average Bonchev–Trinajstić information content (AvgIpc) is 2.91. The van der Waals surface area contributed by atoms with Gasteiger partial charge in [0.15, 0.2) is 6.61 Å². The first-order valence-electron chi connectivity index (χ1n) is 11.6. The van der Waals surface area contributed by atoms with Gasteiger partial charge >= 0.3 is 0 Å². The normalized spacial score (nSPS) is 11.6. The molecule has 0 saturated heterocycles. The van der Waals surface area contributed by atoms with Gasteiger partial charge in [0, 0.05) is 25.4 Å². The van der Waals surface area contributed by atoms with Gasteiger partial charge in [-0.3, -0.25) is 9.59 Å². The first-order valence-corrected chi connectivity index (χ1v) is 12.3. The third-order valence-electron chi connectivity index (χ3n) is 5.96. The van der Waals surface area contributed by atoms with Crippen LogP contribution in [0.5, 0.6) is 5.75 Å². The minimum absolute atomic E-state index is 0.166. The SMILES string of the molecule is CNC(=O)C(Cc1ccccc1)N(Cc1ccc(Cl)c(Cl)c1)C(=O)COc1cccc2ccccc12. The summed E-state index contributed by atoms with van der Waals surface area (Å²) in [6, 6.07) is 27.6. The number of fused-ring (bicyclic) bond motifs is 1. The number of nitrogens with zero attached hydrogens (tertiary/aromatic N) is 1. The van der Waals surface area contributed by atoms with Crippen molar-refractivity contribution in [1.82, 2.24) is 10.2 Å². The van der Waals surface area contributed by atoms with Gasteiger partial charge in [0.25, 0.3) is 5.91 Å². The number of amides is 2. The molecule has 0 aliphatic heterocycles. The number of nitrogens with one attached hydrogen (secondary N) is 1. The van der Waals surface area contributed by atoms with Crippen LogP contribution < -0.4 is 10.1 Å². The van der Waals surface area contributed by atoms with E-state index in [-0.39, 0.29) is 25.0 Å². The Kier molecular flexibility index (Phi) is 8.47. The van der Waals surface area contributed by atoms with E-state index in [1.54, 1.807) is 25.2 Å². The number of hydrogen-bond acceptors (Lipinski definition) is 3. The van der Waals surface area contributed by atoms with Gasteiger partial charge in [-0.2, -0.15) is 0 Å². The smallest absolute Gasteiger partial charge is 0.261 e. The number of ether oxygens (including phenoxy) is 1. The number of hydrogen-bond donors (Lipinski definition) is 1. The zero-order chi connectivity index (χ0) is 25.5. The van der Waals surface area contributed by atoms with E-state index in [2.05, 4.69) is 5.32 Å². The summed E-state index contributed by atoms with van der Waals surface area (Å²) in [7, 11) is 1.56. The second-order valence-electron chi connectivity index (χ2n) is 8.36. The summed E-state index contributed by atoms with van der Waals surface area (Å²) in [6.07, 6.45) is 0.349. The predicted octanol–water partition coefficient (Wildman–Crippen LogP) is 5.91. The monoisotopic (exact) mass is 520 g/mol. The molecule has 0 fully saturated rings. The molecule has 0 heterocycles. The second-order valence-corrected chi connectivity index (χ2v) is 9.17. The largest absolute Gasteiger partial charge is 0.483 e. The second kappa shape index (κ2) is 11.9. The van der Waals surface area contributed by atoms with E-state index in [9.17, 15) is 9.59 Å². The number of likely N-dealkylation sites (N-methyl/N-ethyl adjacent to an activating group) is 1. The summed E-state index contributed by atoms with van der Waals surface area (Å²) in [5.74, 6) is 0.0199. The molecule has 2 amide bonds. The third kappa shape index (κ3) is 6.17. The molecule has 4 rings (SSSR count). The predicted molar refractivity (Wildman–Crippen MR) is 144 cm³/mol. The first-order chi connectivity index (χ1) is 17.5. The Hall–Kier alpha value is -3.54. The molecular formula is C29H26Cl2N2O3. The molecule has 1 atom stereocenters. The summed E-state index contributed by atoms with van der Waals surface area (Å²) in [5.41, 5.74) is 1.69. The molecule has 0 aliphatic rings. The highest BCUT2D eigenvalue weighted by molar-refractivity contribution is 6.42. The maximum atomic E-state index is 13.6. The molecular weight excluding hydrogens is 495 g/mol. The lowest BCUT2D eigenvalue weighted by Crippen LogP contribution is -2.51. The molecule has 0 bridgehead atoms. The van der Waals surface area contributed by atoms with Crippen molar-refractivity contribution in [2.24, 2.45) is 0 Å². The zero-order valence-corrected chi connectivity index (χ0v) is 21.3. The fourth-order valence-corrected chi connectivity index (χ4v) is 4.42. The fourth-order valence-electron chi connectivity index (χ4n) is 4.10. The standard InChI is InChI=1S/C29H26Cl2N2O3/c1-32-29(35)26(17-20-8-3-2-4-9-20)33(18-21-14-15-24(30)25(31)16-21)28(34)19-36-27-13-7-11-22-10-5-6-12-23(22)27/h2-16,26H,17-19H2,1H3,(H,32,35). The van der Waals surface area contributed by atoms with Gasteiger partial charge < -0.3 is 15.0 Å². The lowest BCUT2D eigenvalue weighted by atomic mass is 10.0. The minimum Gasteiger partial charge on any atom is -0.483 e.